The lowest BCUT2D eigenvalue weighted by atomic mass is 9.80. The molecule has 3 rings (SSSR count). The van der Waals surface area contributed by atoms with Crippen LogP contribution in [0.1, 0.15) is 55.7 Å². The van der Waals surface area contributed by atoms with Crippen molar-refractivity contribution in [3.05, 3.63) is 34.9 Å². The van der Waals surface area contributed by atoms with E-state index in [9.17, 15) is 4.79 Å². The highest BCUT2D eigenvalue weighted by atomic mass is 16.1. The summed E-state index contributed by atoms with van der Waals surface area (Å²) in [5, 5.41) is 3.24. The minimum atomic E-state index is 0.161. The molecule has 0 aromatic heterocycles. The number of carbonyl (C=O) groups excluding carboxylic acids is 1. The third-order valence-electron chi connectivity index (χ3n) is 6.14. The van der Waals surface area contributed by atoms with Crippen LogP contribution in [0.5, 0.6) is 0 Å². The lowest BCUT2D eigenvalue weighted by Gasteiger charge is -2.35. The summed E-state index contributed by atoms with van der Waals surface area (Å²) in [6, 6.07) is 7.16. The van der Waals surface area contributed by atoms with Crippen LogP contribution < -0.4 is 5.32 Å². The quantitative estimate of drug-likeness (QED) is 0.914. The first-order valence-corrected chi connectivity index (χ1v) is 9.61. The molecule has 1 saturated carbocycles. The van der Waals surface area contributed by atoms with Crippen LogP contribution in [0.15, 0.2) is 18.2 Å². The molecule has 1 heterocycles. The molecule has 0 saturated heterocycles. The number of benzene rings is 1. The van der Waals surface area contributed by atoms with Crippen molar-refractivity contribution in [1.29, 1.82) is 0 Å². The standard InChI is InChI=1S/C21H32N2O/c1-15-9-10-18-14-23(3)20(12-19(18)11-15)13-22-21(24)16(2)17-7-5-4-6-8-17/h9-11,16-17,20H,4-8,12-14H2,1-3H3,(H,22,24)/t16?,20-/m1/s1. The zero-order valence-corrected chi connectivity index (χ0v) is 15.5. The molecule has 132 valence electrons. The predicted molar refractivity (Wildman–Crippen MR) is 98.9 cm³/mol. The Bertz CT molecular complexity index is 577. The van der Waals surface area contributed by atoms with Gasteiger partial charge in [-0.05, 0) is 50.3 Å². The highest BCUT2D eigenvalue weighted by Crippen LogP contribution is 2.30. The Morgan fingerprint density at radius 1 is 1.25 bits per heavy atom. The van der Waals surface area contributed by atoms with Crippen LogP contribution in [-0.4, -0.2) is 30.4 Å². The number of hydrogen-bond acceptors (Lipinski definition) is 2. The first-order chi connectivity index (χ1) is 11.5. The maximum atomic E-state index is 12.6. The average molecular weight is 329 g/mol. The van der Waals surface area contributed by atoms with Crippen molar-refractivity contribution in [3.63, 3.8) is 0 Å². The monoisotopic (exact) mass is 328 g/mol. The number of amides is 1. The van der Waals surface area contributed by atoms with Gasteiger partial charge in [0.15, 0.2) is 0 Å². The topological polar surface area (TPSA) is 32.3 Å². The second-order valence-electron chi connectivity index (χ2n) is 7.98. The van der Waals surface area contributed by atoms with Gasteiger partial charge in [-0.25, -0.2) is 0 Å². The summed E-state index contributed by atoms with van der Waals surface area (Å²) in [5.41, 5.74) is 4.21. The largest absolute Gasteiger partial charge is 0.354 e. The molecule has 1 N–H and O–H groups in total. The number of hydrogen-bond donors (Lipinski definition) is 1. The Labute approximate surface area is 146 Å². The lowest BCUT2D eigenvalue weighted by Crippen LogP contribution is -2.47. The smallest absolute Gasteiger partial charge is 0.223 e. The zero-order valence-electron chi connectivity index (χ0n) is 15.5. The summed E-state index contributed by atoms with van der Waals surface area (Å²) in [4.78, 5) is 14.9. The normalized spacial score (nSPS) is 23.5. The number of rotatable bonds is 4. The molecule has 1 amide bonds. The second kappa shape index (κ2) is 7.69. The molecule has 3 heteroatoms. The van der Waals surface area contributed by atoms with Crippen molar-refractivity contribution in [2.24, 2.45) is 11.8 Å². The van der Waals surface area contributed by atoms with E-state index in [1.807, 2.05) is 0 Å². The summed E-state index contributed by atoms with van der Waals surface area (Å²) in [7, 11) is 2.17. The summed E-state index contributed by atoms with van der Waals surface area (Å²) in [6.07, 6.45) is 7.42. The van der Waals surface area contributed by atoms with Crippen molar-refractivity contribution < 1.29 is 4.79 Å². The molecule has 1 aromatic carbocycles. The molecule has 0 spiro atoms. The van der Waals surface area contributed by atoms with Crippen molar-refractivity contribution >= 4 is 5.91 Å². The van der Waals surface area contributed by atoms with Gasteiger partial charge in [0.2, 0.25) is 5.91 Å². The number of likely N-dealkylation sites (N-methyl/N-ethyl adjacent to an activating group) is 1. The van der Waals surface area contributed by atoms with E-state index in [0.29, 0.717) is 12.0 Å². The van der Waals surface area contributed by atoms with Gasteiger partial charge in [-0.1, -0.05) is 49.9 Å². The van der Waals surface area contributed by atoms with E-state index >= 15 is 0 Å². The molecule has 3 nitrogen and oxygen atoms in total. The van der Waals surface area contributed by atoms with E-state index < -0.39 is 0 Å². The van der Waals surface area contributed by atoms with Gasteiger partial charge in [0.05, 0.1) is 0 Å². The predicted octanol–water partition coefficient (Wildman–Crippen LogP) is 3.68. The summed E-state index contributed by atoms with van der Waals surface area (Å²) < 4.78 is 0. The van der Waals surface area contributed by atoms with Crippen LogP contribution in [0.3, 0.4) is 0 Å². The van der Waals surface area contributed by atoms with Crippen molar-refractivity contribution in [1.82, 2.24) is 10.2 Å². The van der Waals surface area contributed by atoms with E-state index in [1.165, 1.54) is 48.8 Å². The van der Waals surface area contributed by atoms with Gasteiger partial charge in [0.1, 0.15) is 0 Å². The van der Waals surface area contributed by atoms with Gasteiger partial charge in [-0.3, -0.25) is 9.69 Å². The Balaban J connectivity index is 1.55. The Morgan fingerprint density at radius 2 is 2.00 bits per heavy atom. The molecule has 1 aliphatic carbocycles. The molecular weight excluding hydrogens is 296 g/mol. The lowest BCUT2D eigenvalue weighted by molar-refractivity contribution is -0.126. The number of aryl methyl sites for hydroxylation is 1. The van der Waals surface area contributed by atoms with Gasteiger partial charge in [0, 0.05) is 25.0 Å². The van der Waals surface area contributed by atoms with Gasteiger partial charge < -0.3 is 5.32 Å². The van der Waals surface area contributed by atoms with Crippen LogP contribution in [0.4, 0.5) is 0 Å². The van der Waals surface area contributed by atoms with E-state index in [4.69, 9.17) is 0 Å². The maximum Gasteiger partial charge on any atom is 0.223 e. The number of carbonyl (C=O) groups is 1. The number of nitrogens with zero attached hydrogens (tertiary/aromatic N) is 1. The highest BCUT2D eigenvalue weighted by Gasteiger charge is 2.28. The maximum absolute atomic E-state index is 12.6. The minimum Gasteiger partial charge on any atom is -0.354 e. The first kappa shape index (κ1) is 17.5. The summed E-state index contributed by atoms with van der Waals surface area (Å²) >= 11 is 0. The van der Waals surface area contributed by atoms with Crippen LogP contribution >= 0.6 is 0 Å². The van der Waals surface area contributed by atoms with Crippen molar-refractivity contribution in [2.45, 2.75) is 65.0 Å². The fourth-order valence-electron chi connectivity index (χ4n) is 4.36. The van der Waals surface area contributed by atoms with E-state index in [-0.39, 0.29) is 11.8 Å². The van der Waals surface area contributed by atoms with E-state index in [2.05, 4.69) is 49.3 Å². The zero-order chi connectivity index (χ0) is 17.1. The van der Waals surface area contributed by atoms with Gasteiger partial charge in [0.25, 0.3) is 0 Å². The van der Waals surface area contributed by atoms with Crippen LogP contribution in [0.2, 0.25) is 0 Å². The first-order valence-electron chi connectivity index (χ1n) is 9.61. The molecule has 1 unspecified atom stereocenters. The number of fused-ring (bicyclic) bond motifs is 1. The van der Waals surface area contributed by atoms with Gasteiger partial charge in [-0.15, -0.1) is 0 Å². The molecule has 1 aromatic rings. The van der Waals surface area contributed by atoms with E-state index in [1.54, 1.807) is 0 Å². The molecule has 2 aliphatic rings. The van der Waals surface area contributed by atoms with Gasteiger partial charge >= 0.3 is 0 Å². The Hall–Kier alpha value is -1.35. The molecular formula is C21H32N2O. The second-order valence-corrected chi connectivity index (χ2v) is 7.98. The van der Waals surface area contributed by atoms with Crippen molar-refractivity contribution in [2.75, 3.05) is 13.6 Å². The summed E-state index contributed by atoms with van der Waals surface area (Å²) in [5.74, 6) is 1.00. The van der Waals surface area contributed by atoms with Crippen LogP contribution in [-0.2, 0) is 17.8 Å². The van der Waals surface area contributed by atoms with E-state index in [0.717, 1.165) is 19.5 Å². The molecule has 1 fully saturated rings. The van der Waals surface area contributed by atoms with Crippen LogP contribution in [0.25, 0.3) is 0 Å². The molecule has 24 heavy (non-hydrogen) atoms. The molecule has 0 radical (unpaired) electrons. The summed E-state index contributed by atoms with van der Waals surface area (Å²) in [6.45, 7) is 6.02. The fourth-order valence-corrected chi connectivity index (χ4v) is 4.36. The molecule has 0 bridgehead atoms. The highest BCUT2D eigenvalue weighted by molar-refractivity contribution is 5.78. The average Bonchev–Trinajstić information content (AvgIpc) is 2.60. The van der Waals surface area contributed by atoms with Crippen molar-refractivity contribution in [3.8, 4) is 0 Å². The van der Waals surface area contributed by atoms with Crippen LogP contribution in [0, 0.1) is 18.8 Å². The third-order valence-corrected chi connectivity index (χ3v) is 6.14. The SMILES string of the molecule is Cc1ccc2c(c1)C[C@H](CNC(=O)C(C)C1CCCCC1)N(C)C2. The fraction of sp³-hybridized carbons (Fsp3) is 0.667. The Kier molecular flexibility index (Phi) is 5.60. The molecule has 1 aliphatic heterocycles. The third kappa shape index (κ3) is 4.00. The molecule has 2 atom stereocenters. The van der Waals surface area contributed by atoms with Gasteiger partial charge in [-0.2, -0.15) is 0 Å². The number of nitrogens with one attached hydrogen (secondary N) is 1. The Morgan fingerprint density at radius 3 is 2.75 bits per heavy atom. The minimum absolute atomic E-state index is 0.161.